The molecule has 0 saturated carbocycles. The van der Waals surface area contributed by atoms with Gasteiger partial charge in [0.25, 0.3) is 0 Å². The minimum Gasteiger partial charge on any atom is -0.359 e. The van der Waals surface area contributed by atoms with Crippen LogP contribution in [0.1, 0.15) is 6.92 Å². The van der Waals surface area contributed by atoms with Crippen LogP contribution in [-0.2, 0) is 0 Å². The summed E-state index contributed by atoms with van der Waals surface area (Å²) in [4.78, 5) is 2.19. The van der Waals surface area contributed by atoms with Crippen molar-refractivity contribution in [3.63, 3.8) is 0 Å². The van der Waals surface area contributed by atoms with Gasteiger partial charge in [-0.1, -0.05) is 6.08 Å². The van der Waals surface area contributed by atoms with Gasteiger partial charge in [-0.05, 0) is 26.1 Å². The van der Waals surface area contributed by atoms with Gasteiger partial charge in [-0.25, -0.2) is 0 Å². The second-order valence-electron chi connectivity index (χ2n) is 2.54. The lowest BCUT2D eigenvalue weighted by molar-refractivity contribution is 0.315. The molecule has 0 amide bonds. The van der Waals surface area contributed by atoms with Gasteiger partial charge in [-0.3, -0.25) is 5.32 Å². The van der Waals surface area contributed by atoms with E-state index >= 15 is 0 Å². The van der Waals surface area contributed by atoms with Gasteiger partial charge in [0.05, 0.1) is 6.17 Å². The van der Waals surface area contributed by atoms with Crippen molar-refractivity contribution < 1.29 is 0 Å². The molecule has 2 nitrogen and oxygen atoms in total. The zero-order chi connectivity index (χ0) is 7.56. The molecule has 0 aromatic rings. The van der Waals surface area contributed by atoms with Crippen molar-refractivity contribution in [1.29, 1.82) is 0 Å². The van der Waals surface area contributed by atoms with Crippen LogP contribution in [0.5, 0.6) is 0 Å². The molecule has 0 bridgehead atoms. The Balaban J connectivity index is 2.68. The molecule has 0 aromatic carbocycles. The van der Waals surface area contributed by atoms with Gasteiger partial charge in [0.1, 0.15) is 0 Å². The highest BCUT2D eigenvalue weighted by atomic mass is 15.2. The third-order valence-electron chi connectivity index (χ3n) is 1.90. The van der Waals surface area contributed by atoms with Gasteiger partial charge in [0.15, 0.2) is 0 Å². The van der Waals surface area contributed by atoms with Gasteiger partial charge in [0, 0.05) is 12.7 Å². The highest BCUT2D eigenvalue weighted by molar-refractivity contribution is 5.17. The molecule has 0 spiro atoms. The second-order valence-corrected chi connectivity index (χ2v) is 2.54. The Morgan fingerprint density at radius 2 is 2.30 bits per heavy atom. The lowest BCUT2D eigenvalue weighted by Gasteiger charge is -2.29. The van der Waals surface area contributed by atoms with Gasteiger partial charge in [-0.2, -0.15) is 0 Å². The molecular weight excluding hydrogens is 124 g/mol. The minimum atomic E-state index is 0.366. The molecule has 0 aliphatic carbocycles. The summed E-state index contributed by atoms with van der Waals surface area (Å²) in [5.74, 6) is 0. The third-order valence-corrected chi connectivity index (χ3v) is 1.90. The van der Waals surface area contributed by atoms with Crippen molar-refractivity contribution >= 4 is 0 Å². The molecule has 1 heterocycles. The van der Waals surface area contributed by atoms with Crippen molar-refractivity contribution in [2.45, 2.75) is 13.1 Å². The number of likely N-dealkylation sites (N-methyl/N-ethyl adjacent to an activating group) is 2. The molecule has 0 fully saturated rings. The number of allylic oxidation sites excluding steroid dienone is 3. The first-order valence-corrected chi connectivity index (χ1v) is 3.51. The molecule has 2 heteroatoms. The van der Waals surface area contributed by atoms with Crippen LogP contribution in [0.2, 0.25) is 0 Å². The van der Waals surface area contributed by atoms with Crippen LogP contribution in [0, 0.1) is 0 Å². The first kappa shape index (κ1) is 7.35. The number of hydrogen-bond acceptors (Lipinski definition) is 2. The summed E-state index contributed by atoms with van der Waals surface area (Å²) in [5, 5.41) is 3.18. The van der Waals surface area contributed by atoms with Gasteiger partial charge >= 0.3 is 0 Å². The van der Waals surface area contributed by atoms with Crippen LogP contribution in [0.4, 0.5) is 0 Å². The fraction of sp³-hybridized carbons (Fsp3) is 0.500. The summed E-state index contributed by atoms with van der Waals surface area (Å²) < 4.78 is 0. The first-order chi connectivity index (χ1) is 4.75. The highest BCUT2D eigenvalue weighted by Gasteiger charge is 2.10. The van der Waals surface area contributed by atoms with Crippen LogP contribution in [0.15, 0.2) is 23.9 Å². The summed E-state index contributed by atoms with van der Waals surface area (Å²) >= 11 is 0. The fourth-order valence-corrected chi connectivity index (χ4v) is 1.06. The van der Waals surface area contributed by atoms with E-state index in [1.165, 1.54) is 5.70 Å². The van der Waals surface area contributed by atoms with Gasteiger partial charge < -0.3 is 4.90 Å². The number of rotatable bonds is 1. The zero-order valence-electron chi connectivity index (χ0n) is 6.76. The van der Waals surface area contributed by atoms with E-state index < -0.39 is 0 Å². The average molecular weight is 138 g/mol. The lowest BCUT2D eigenvalue weighted by atomic mass is 10.2. The average Bonchev–Trinajstić information content (AvgIpc) is 1.95. The summed E-state index contributed by atoms with van der Waals surface area (Å²) in [6, 6.07) is 0. The maximum atomic E-state index is 3.18. The number of nitrogens with one attached hydrogen (secondary N) is 1. The molecule has 1 rings (SSSR count). The SMILES string of the molecule is CNC1C=CC=C(C)N1C. The predicted molar refractivity (Wildman–Crippen MR) is 43.5 cm³/mol. The van der Waals surface area contributed by atoms with Crippen molar-refractivity contribution in [2.75, 3.05) is 14.1 Å². The number of hydrogen-bond donors (Lipinski definition) is 1. The monoisotopic (exact) mass is 138 g/mol. The van der Waals surface area contributed by atoms with Crippen LogP contribution in [0.3, 0.4) is 0 Å². The molecule has 56 valence electrons. The second kappa shape index (κ2) is 2.88. The van der Waals surface area contributed by atoms with E-state index in [1.54, 1.807) is 0 Å². The maximum Gasteiger partial charge on any atom is 0.0981 e. The Morgan fingerprint density at radius 3 is 2.80 bits per heavy atom. The number of nitrogens with zero attached hydrogens (tertiary/aromatic N) is 1. The van der Waals surface area contributed by atoms with E-state index in [0.717, 1.165) is 0 Å². The molecule has 1 aliphatic heterocycles. The van der Waals surface area contributed by atoms with Crippen LogP contribution >= 0.6 is 0 Å². The van der Waals surface area contributed by atoms with E-state index in [9.17, 15) is 0 Å². The molecule has 10 heavy (non-hydrogen) atoms. The quantitative estimate of drug-likeness (QED) is 0.580. The minimum absolute atomic E-state index is 0.366. The first-order valence-electron chi connectivity index (χ1n) is 3.51. The van der Waals surface area contributed by atoms with E-state index in [0.29, 0.717) is 6.17 Å². The Labute approximate surface area is 62.2 Å². The van der Waals surface area contributed by atoms with E-state index in [2.05, 4.69) is 42.4 Å². The smallest absolute Gasteiger partial charge is 0.0981 e. The topological polar surface area (TPSA) is 15.3 Å². The summed E-state index contributed by atoms with van der Waals surface area (Å²) in [6.45, 7) is 2.10. The molecule has 0 aromatic heterocycles. The van der Waals surface area contributed by atoms with Gasteiger partial charge in [-0.15, -0.1) is 0 Å². The Bertz CT molecular complexity index is 170. The molecule has 1 N–H and O–H groups in total. The van der Waals surface area contributed by atoms with Crippen molar-refractivity contribution in [1.82, 2.24) is 10.2 Å². The molecule has 0 saturated heterocycles. The zero-order valence-corrected chi connectivity index (χ0v) is 6.76. The summed E-state index contributed by atoms with van der Waals surface area (Å²) in [6.07, 6.45) is 6.68. The van der Waals surface area contributed by atoms with Crippen molar-refractivity contribution in [2.24, 2.45) is 0 Å². The van der Waals surface area contributed by atoms with E-state index in [-0.39, 0.29) is 0 Å². The summed E-state index contributed by atoms with van der Waals surface area (Å²) in [7, 11) is 4.04. The lowest BCUT2D eigenvalue weighted by Crippen LogP contribution is -2.39. The predicted octanol–water partition coefficient (Wildman–Crippen LogP) is 0.937. The maximum absolute atomic E-state index is 3.18. The summed E-state index contributed by atoms with van der Waals surface area (Å²) in [5.41, 5.74) is 1.29. The Hall–Kier alpha value is -0.760. The molecule has 1 atom stereocenters. The van der Waals surface area contributed by atoms with E-state index in [4.69, 9.17) is 0 Å². The molecule has 1 aliphatic rings. The largest absolute Gasteiger partial charge is 0.359 e. The van der Waals surface area contributed by atoms with Gasteiger partial charge in [0.2, 0.25) is 0 Å². The standard InChI is InChI=1S/C8H14N2/c1-7-5-4-6-8(9-2)10(7)3/h4-6,8-9H,1-3H3. The van der Waals surface area contributed by atoms with Crippen molar-refractivity contribution in [3.8, 4) is 0 Å². The van der Waals surface area contributed by atoms with Crippen LogP contribution in [-0.4, -0.2) is 25.2 Å². The van der Waals surface area contributed by atoms with E-state index in [1.807, 2.05) is 7.05 Å². The van der Waals surface area contributed by atoms with Crippen LogP contribution < -0.4 is 5.32 Å². The van der Waals surface area contributed by atoms with Crippen LogP contribution in [0.25, 0.3) is 0 Å². The third kappa shape index (κ3) is 1.21. The highest BCUT2D eigenvalue weighted by Crippen LogP contribution is 2.09. The molecule has 1 unspecified atom stereocenters. The normalized spacial score (nSPS) is 24.9. The Morgan fingerprint density at radius 1 is 1.60 bits per heavy atom. The Kier molecular flexibility index (Phi) is 2.12. The van der Waals surface area contributed by atoms with Crippen molar-refractivity contribution in [3.05, 3.63) is 23.9 Å². The molecular formula is C8H14N2. The molecule has 0 radical (unpaired) electrons. The fourth-order valence-electron chi connectivity index (χ4n) is 1.06.